The molecule has 0 saturated carbocycles. The third kappa shape index (κ3) is 3.57. The van der Waals surface area contributed by atoms with E-state index in [0.717, 1.165) is 44.8 Å². The molecule has 0 aliphatic carbocycles. The lowest BCUT2D eigenvalue weighted by atomic mass is 10.3. The Bertz CT molecular complexity index is 994. The number of nitrogens with one attached hydrogen (secondary N) is 2. The molecule has 2 aliphatic rings. The Kier molecular flexibility index (Phi) is 4.98. The quantitative estimate of drug-likeness (QED) is 0.371. The Morgan fingerprint density at radius 2 is 0.731 bits per heavy atom. The van der Waals surface area contributed by atoms with Crippen molar-refractivity contribution >= 4 is 71.2 Å². The molecule has 5 heterocycles. The van der Waals surface area contributed by atoms with Gasteiger partial charge in [0.15, 0.2) is 0 Å². The van der Waals surface area contributed by atoms with Crippen molar-refractivity contribution in [3.8, 4) is 0 Å². The standard InChI is InChI=1S/C20H14N4.2ClH/c1-2-14-10-16-5-6-18(23-16)12-20-8-7-19(24-20)11-17-4-3-15(22-17)9-13(1)21-14;;/h1-12,21,24H;2*1H. The molecule has 26 heavy (non-hydrogen) atoms. The highest BCUT2D eigenvalue weighted by atomic mass is 35.5. The first-order valence-electron chi connectivity index (χ1n) is 7.85. The van der Waals surface area contributed by atoms with Gasteiger partial charge in [0.2, 0.25) is 0 Å². The number of rotatable bonds is 0. The summed E-state index contributed by atoms with van der Waals surface area (Å²) in [6.45, 7) is 0. The molecule has 8 bridgehead atoms. The Balaban J connectivity index is 0.000000980. The summed E-state index contributed by atoms with van der Waals surface area (Å²) in [5, 5.41) is 0. The van der Waals surface area contributed by atoms with E-state index < -0.39 is 0 Å². The van der Waals surface area contributed by atoms with Gasteiger partial charge in [-0.3, -0.25) is 0 Å². The molecule has 0 fully saturated rings. The molecular formula is C20H16Cl2N4. The summed E-state index contributed by atoms with van der Waals surface area (Å²) in [6.07, 6.45) is 8.09. The minimum atomic E-state index is 0. The van der Waals surface area contributed by atoms with E-state index in [9.17, 15) is 0 Å². The zero-order chi connectivity index (χ0) is 15.9. The van der Waals surface area contributed by atoms with Crippen LogP contribution in [0.5, 0.6) is 0 Å². The molecule has 0 unspecified atom stereocenters. The van der Waals surface area contributed by atoms with Crippen LogP contribution in [0.15, 0.2) is 48.5 Å². The summed E-state index contributed by atoms with van der Waals surface area (Å²) in [6, 6.07) is 16.4. The molecule has 5 rings (SSSR count). The Labute approximate surface area is 162 Å². The van der Waals surface area contributed by atoms with Crippen molar-refractivity contribution in [2.24, 2.45) is 0 Å². The fourth-order valence-corrected chi connectivity index (χ4v) is 2.94. The van der Waals surface area contributed by atoms with Gasteiger partial charge in [0.1, 0.15) is 0 Å². The van der Waals surface area contributed by atoms with E-state index in [2.05, 4.69) is 44.2 Å². The molecule has 2 aliphatic heterocycles. The van der Waals surface area contributed by atoms with Crippen molar-refractivity contribution in [2.75, 3.05) is 0 Å². The van der Waals surface area contributed by atoms with Gasteiger partial charge in [-0.25, -0.2) is 9.97 Å². The summed E-state index contributed by atoms with van der Waals surface area (Å²) in [5.41, 5.74) is 7.86. The van der Waals surface area contributed by atoms with Crippen LogP contribution in [-0.2, 0) is 0 Å². The van der Waals surface area contributed by atoms with Crippen LogP contribution < -0.4 is 0 Å². The molecule has 0 radical (unpaired) electrons. The summed E-state index contributed by atoms with van der Waals surface area (Å²) in [5.74, 6) is 0. The number of H-pyrrole nitrogens is 2. The Morgan fingerprint density at radius 3 is 1.00 bits per heavy atom. The predicted octanol–water partition coefficient (Wildman–Crippen LogP) is 5.50. The summed E-state index contributed by atoms with van der Waals surface area (Å²) < 4.78 is 0. The lowest BCUT2D eigenvalue weighted by Crippen LogP contribution is -1.75. The summed E-state index contributed by atoms with van der Waals surface area (Å²) >= 11 is 0. The van der Waals surface area contributed by atoms with Crippen LogP contribution in [0.1, 0.15) is 22.8 Å². The van der Waals surface area contributed by atoms with Crippen molar-refractivity contribution in [2.45, 2.75) is 0 Å². The second kappa shape index (κ2) is 7.20. The zero-order valence-corrected chi connectivity index (χ0v) is 15.3. The van der Waals surface area contributed by atoms with Crippen molar-refractivity contribution in [3.63, 3.8) is 0 Å². The molecule has 3 aromatic heterocycles. The van der Waals surface area contributed by atoms with Crippen LogP contribution in [-0.4, -0.2) is 19.9 Å². The molecule has 0 atom stereocenters. The normalized spacial score (nSPS) is 11.7. The lowest BCUT2D eigenvalue weighted by molar-refractivity contribution is 1.31. The first-order chi connectivity index (χ1) is 11.8. The lowest BCUT2D eigenvalue weighted by Gasteiger charge is -1.85. The van der Waals surface area contributed by atoms with Crippen LogP contribution in [0.25, 0.3) is 46.4 Å². The highest BCUT2D eigenvalue weighted by Crippen LogP contribution is 2.16. The van der Waals surface area contributed by atoms with Gasteiger partial charge in [0, 0.05) is 22.1 Å². The van der Waals surface area contributed by atoms with E-state index in [4.69, 9.17) is 0 Å². The Hall–Kier alpha value is -2.82. The third-order valence-corrected chi connectivity index (χ3v) is 4.04. The molecule has 6 heteroatoms. The van der Waals surface area contributed by atoms with Crippen LogP contribution in [0.3, 0.4) is 0 Å². The molecule has 130 valence electrons. The average Bonchev–Trinajstić information content (AvgIpc) is 3.32. The second-order valence-corrected chi connectivity index (χ2v) is 5.91. The van der Waals surface area contributed by atoms with Gasteiger partial charge in [-0.1, -0.05) is 0 Å². The maximum absolute atomic E-state index is 4.63. The number of fused-ring (bicyclic) bond motifs is 8. The predicted molar refractivity (Wildman–Crippen MR) is 113 cm³/mol. The zero-order valence-electron chi connectivity index (χ0n) is 13.6. The van der Waals surface area contributed by atoms with E-state index in [0.29, 0.717) is 0 Å². The van der Waals surface area contributed by atoms with E-state index in [-0.39, 0.29) is 24.8 Å². The van der Waals surface area contributed by atoms with E-state index in [1.165, 1.54) is 0 Å². The minimum absolute atomic E-state index is 0. The molecule has 0 spiro atoms. The number of aromatic amines is 2. The molecule has 2 N–H and O–H groups in total. The SMILES string of the molecule is C1=Cc2cc3ccc(cc4nc(cc5ccc(cc1n2)[nH]5)C=C4)[nH]3.Cl.Cl. The number of aromatic nitrogens is 4. The van der Waals surface area contributed by atoms with Crippen molar-refractivity contribution in [1.82, 2.24) is 19.9 Å². The minimum Gasteiger partial charge on any atom is -0.355 e. The average molecular weight is 383 g/mol. The highest BCUT2D eigenvalue weighted by molar-refractivity contribution is 5.85. The maximum Gasteiger partial charge on any atom is 0.0658 e. The van der Waals surface area contributed by atoms with Crippen molar-refractivity contribution in [1.29, 1.82) is 0 Å². The molecule has 4 nitrogen and oxygen atoms in total. The van der Waals surface area contributed by atoms with Crippen LogP contribution >= 0.6 is 24.8 Å². The molecule has 0 aromatic carbocycles. The first-order valence-corrected chi connectivity index (χ1v) is 7.85. The number of halogens is 2. The topological polar surface area (TPSA) is 57.4 Å². The third-order valence-electron chi connectivity index (χ3n) is 4.04. The van der Waals surface area contributed by atoms with E-state index >= 15 is 0 Å². The Morgan fingerprint density at radius 1 is 0.462 bits per heavy atom. The van der Waals surface area contributed by atoms with Gasteiger partial charge in [0.05, 0.1) is 22.8 Å². The van der Waals surface area contributed by atoms with Gasteiger partial charge in [-0.2, -0.15) is 0 Å². The van der Waals surface area contributed by atoms with Gasteiger partial charge in [0.25, 0.3) is 0 Å². The van der Waals surface area contributed by atoms with Crippen LogP contribution in [0.4, 0.5) is 0 Å². The molecular weight excluding hydrogens is 367 g/mol. The summed E-state index contributed by atoms with van der Waals surface area (Å²) in [7, 11) is 0. The smallest absolute Gasteiger partial charge is 0.0658 e. The molecule has 0 saturated heterocycles. The first kappa shape index (κ1) is 18.0. The molecule has 3 aromatic rings. The molecule has 0 amide bonds. The second-order valence-electron chi connectivity index (χ2n) is 5.91. The number of nitrogens with zero attached hydrogens (tertiary/aromatic N) is 2. The summed E-state index contributed by atoms with van der Waals surface area (Å²) in [4.78, 5) is 16.0. The highest BCUT2D eigenvalue weighted by Gasteiger charge is 2.00. The van der Waals surface area contributed by atoms with Gasteiger partial charge < -0.3 is 9.97 Å². The van der Waals surface area contributed by atoms with Gasteiger partial charge in [-0.05, 0) is 72.8 Å². The van der Waals surface area contributed by atoms with Crippen LogP contribution in [0.2, 0.25) is 0 Å². The van der Waals surface area contributed by atoms with Crippen molar-refractivity contribution < 1.29 is 0 Å². The van der Waals surface area contributed by atoms with Crippen molar-refractivity contribution in [3.05, 3.63) is 71.3 Å². The number of hydrogen-bond acceptors (Lipinski definition) is 2. The maximum atomic E-state index is 4.63. The fraction of sp³-hybridized carbons (Fsp3) is 0. The van der Waals surface area contributed by atoms with E-state index in [1.54, 1.807) is 0 Å². The number of hydrogen-bond donors (Lipinski definition) is 2. The monoisotopic (exact) mass is 382 g/mol. The van der Waals surface area contributed by atoms with Gasteiger partial charge in [-0.15, -0.1) is 24.8 Å². The van der Waals surface area contributed by atoms with Gasteiger partial charge >= 0.3 is 0 Å². The van der Waals surface area contributed by atoms with Crippen LogP contribution in [0, 0.1) is 0 Å². The fourth-order valence-electron chi connectivity index (χ4n) is 2.94. The van der Waals surface area contributed by atoms with E-state index in [1.807, 2.05) is 48.6 Å². The largest absolute Gasteiger partial charge is 0.355 e.